The van der Waals surface area contributed by atoms with Gasteiger partial charge in [0, 0.05) is 17.1 Å². The molecule has 3 rings (SSSR count). The molecule has 0 amide bonds. The largest absolute Gasteiger partial charge is 0.492 e. The molecule has 16 heteroatoms. The van der Waals surface area contributed by atoms with E-state index in [-0.39, 0.29) is 34.6 Å². The maximum absolute atomic E-state index is 15.0. The van der Waals surface area contributed by atoms with Crippen molar-refractivity contribution in [3.05, 3.63) is 28.8 Å². The molecule has 0 fully saturated rings. The topological polar surface area (TPSA) is 181 Å². The number of thiophene rings is 1. The monoisotopic (exact) mass is 521 g/mol. The summed E-state index contributed by atoms with van der Waals surface area (Å²) in [5.74, 6) is -0.314. The number of hydrogen-bond acceptors (Lipinski definition) is 9. The first-order chi connectivity index (χ1) is 15.4. The minimum absolute atomic E-state index is 0.0181. The van der Waals surface area contributed by atoms with Crippen LogP contribution in [0.1, 0.15) is 23.8 Å². The van der Waals surface area contributed by atoms with Gasteiger partial charge in [0.2, 0.25) is 10.0 Å². The highest BCUT2D eigenvalue weighted by Gasteiger charge is 2.55. The third-order valence-electron chi connectivity index (χ3n) is 4.34. The molecule has 33 heavy (non-hydrogen) atoms. The number of aromatic amines is 1. The van der Waals surface area contributed by atoms with E-state index < -0.39 is 40.3 Å². The highest BCUT2D eigenvalue weighted by Crippen LogP contribution is 2.65. The average molecular weight is 521 g/mol. The standard InChI is InChI=1S/C17H18F2N5O6PS2/c1-2-30-31(25,26)17(18,19)16-12(8-20)11-6-10(13-9-22-24-23-13)7-14(15(11)32-16)29-4-3-5-33(21,27)28/h6-7,9H,2-5H2,1H3,(H,25,26)(H2,21,27,28)(H,22,23,24). The number of benzene rings is 1. The number of aromatic nitrogens is 3. The molecule has 178 valence electrons. The predicted octanol–water partition coefficient (Wildman–Crippen LogP) is 2.89. The molecule has 11 nitrogen and oxygen atoms in total. The van der Waals surface area contributed by atoms with E-state index in [0.29, 0.717) is 22.6 Å². The van der Waals surface area contributed by atoms with Gasteiger partial charge in [0.1, 0.15) is 22.4 Å². The summed E-state index contributed by atoms with van der Waals surface area (Å²) < 4.78 is 74.6. The van der Waals surface area contributed by atoms with Gasteiger partial charge in [0.15, 0.2) is 0 Å². The highest BCUT2D eigenvalue weighted by atomic mass is 32.2. The van der Waals surface area contributed by atoms with E-state index in [2.05, 4.69) is 19.9 Å². The maximum Gasteiger partial charge on any atom is 0.402 e. The van der Waals surface area contributed by atoms with Gasteiger partial charge in [-0.1, -0.05) is 5.21 Å². The number of sulfonamides is 1. The van der Waals surface area contributed by atoms with E-state index in [1.807, 2.05) is 0 Å². The van der Waals surface area contributed by atoms with Crippen LogP contribution < -0.4 is 9.88 Å². The lowest BCUT2D eigenvalue weighted by molar-refractivity contribution is 0.0498. The number of halogens is 2. The average Bonchev–Trinajstić information content (AvgIpc) is 3.38. The van der Waals surface area contributed by atoms with Crippen LogP contribution in [0.25, 0.3) is 21.3 Å². The number of alkyl halides is 2. The Morgan fingerprint density at radius 1 is 1.42 bits per heavy atom. The van der Waals surface area contributed by atoms with Crippen molar-refractivity contribution in [2.75, 3.05) is 19.0 Å². The number of H-pyrrole nitrogens is 1. The fraction of sp³-hybridized carbons (Fsp3) is 0.353. The molecule has 0 saturated heterocycles. The van der Waals surface area contributed by atoms with Crippen molar-refractivity contribution in [1.82, 2.24) is 15.4 Å². The second kappa shape index (κ2) is 9.41. The van der Waals surface area contributed by atoms with E-state index in [1.54, 1.807) is 6.07 Å². The first-order valence-corrected chi connectivity index (χ1v) is 13.4. The summed E-state index contributed by atoms with van der Waals surface area (Å²) in [6.45, 7) is 0.717. The Morgan fingerprint density at radius 3 is 2.73 bits per heavy atom. The van der Waals surface area contributed by atoms with E-state index in [0.717, 1.165) is 0 Å². The number of rotatable bonds is 10. The minimum Gasteiger partial charge on any atom is -0.492 e. The van der Waals surface area contributed by atoms with Gasteiger partial charge >= 0.3 is 13.3 Å². The predicted molar refractivity (Wildman–Crippen MR) is 115 cm³/mol. The van der Waals surface area contributed by atoms with Crippen LogP contribution in [-0.2, 0) is 24.8 Å². The Bertz CT molecular complexity index is 1350. The van der Waals surface area contributed by atoms with Crippen LogP contribution in [0.15, 0.2) is 18.3 Å². The van der Waals surface area contributed by atoms with E-state index in [4.69, 9.17) is 9.88 Å². The van der Waals surface area contributed by atoms with Crippen molar-refractivity contribution in [1.29, 1.82) is 5.26 Å². The molecule has 2 heterocycles. The second-order valence-electron chi connectivity index (χ2n) is 6.68. The quantitative estimate of drug-likeness (QED) is 0.267. The minimum atomic E-state index is -5.46. The van der Waals surface area contributed by atoms with E-state index >= 15 is 8.78 Å². The molecular formula is C17H18F2N5O6PS2. The van der Waals surface area contributed by atoms with Crippen molar-refractivity contribution < 1.29 is 35.9 Å². The third kappa shape index (κ3) is 5.21. The lowest BCUT2D eigenvalue weighted by Crippen LogP contribution is -2.18. The highest BCUT2D eigenvalue weighted by molar-refractivity contribution is 7.89. The summed E-state index contributed by atoms with van der Waals surface area (Å²) in [7, 11) is -9.18. The molecule has 4 N–H and O–H groups in total. The number of nitrogens with zero attached hydrogens (tertiary/aromatic N) is 3. The Morgan fingerprint density at radius 2 is 2.15 bits per heavy atom. The van der Waals surface area contributed by atoms with Crippen molar-refractivity contribution in [3.63, 3.8) is 0 Å². The zero-order chi connectivity index (χ0) is 24.4. The molecule has 2 aromatic heterocycles. The van der Waals surface area contributed by atoms with Crippen LogP contribution in [0.5, 0.6) is 5.75 Å². The van der Waals surface area contributed by atoms with Crippen LogP contribution >= 0.6 is 18.9 Å². The number of primary sulfonamides is 1. The molecule has 1 aromatic carbocycles. The van der Waals surface area contributed by atoms with Crippen LogP contribution in [0.2, 0.25) is 0 Å². The number of hydrogen-bond donors (Lipinski definition) is 3. The number of fused-ring (bicyclic) bond motifs is 1. The first kappa shape index (κ1) is 25.2. The number of ether oxygens (including phenoxy) is 1. The van der Waals surface area contributed by atoms with Crippen LogP contribution in [-0.4, -0.2) is 47.7 Å². The summed E-state index contributed by atoms with van der Waals surface area (Å²) in [6.07, 6.45) is 1.45. The van der Waals surface area contributed by atoms with Crippen molar-refractivity contribution in [3.8, 4) is 23.1 Å². The van der Waals surface area contributed by atoms with Gasteiger partial charge in [0.05, 0.1) is 29.2 Å². The Balaban J connectivity index is 2.16. The fourth-order valence-corrected chi connectivity index (χ4v) is 5.87. The zero-order valence-electron chi connectivity index (χ0n) is 17.0. The molecule has 0 aliphatic rings. The molecule has 3 aromatic rings. The Hall–Kier alpha value is -2.47. The smallest absolute Gasteiger partial charge is 0.402 e. The molecule has 0 bridgehead atoms. The Kier molecular flexibility index (Phi) is 7.18. The molecule has 0 spiro atoms. The number of nitriles is 1. The fourth-order valence-electron chi connectivity index (χ4n) is 2.92. The molecule has 0 radical (unpaired) electrons. The van der Waals surface area contributed by atoms with Crippen molar-refractivity contribution in [2.24, 2.45) is 5.14 Å². The summed E-state index contributed by atoms with van der Waals surface area (Å²) >= 11 is 0.408. The van der Waals surface area contributed by atoms with Gasteiger partial charge in [-0.2, -0.15) is 14.0 Å². The summed E-state index contributed by atoms with van der Waals surface area (Å²) in [4.78, 5) is 8.87. The first-order valence-electron chi connectivity index (χ1n) is 9.27. The third-order valence-corrected chi connectivity index (χ3v) is 8.18. The lowest BCUT2D eigenvalue weighted by Gasteiger charge is -2.20. The van der Waals surface area contributed by atoms with Crippen LogP contribution in [0.4, 0.5) is 8.78 Å². The van der Waals surface area contributed by atoms with Crippen molar-refractivity contribution >= 4 is 39.0 Å². The normalized spacial score (nSPS) is 14.2. The molecular weight excluding hydrogens is 503 g/mol. The molecule has 1 atom stereocenters. The zero-order valence-corrected chi connectivity index (χ0v) is 19.5. The van der Waals surface area contributed by atoms with Gasteiger partial charge in [0.25, 0.3) is 0 Å². The van der Waals surface area contributed by atoms with Gasteiger partial charge in [-0.25, -0.2) is 13.6 Å². The summed E-state index contributed by atoms with van der Waals surface area (Å²) in [6, 6.07) is 4.53. The van der Waals surface area contributed by atoms with Crippen molar-refractivity contribution in [2.45, 2.75) is 19.0 Å². The number of nitrogens with two attached hydrogens (primary N) is 1. The molecule has 0 saturated carbocycles. The van der Waals surface area contributed by atoms with Gasteiger partial charge < -0.3 is 14.2 Å². The molecule has 0 aliphatic heterocycles. The van der Waals surface area contributed by atoms with Crippen LogP contribution in [0, 0.1) is 11.3 Å². The van der Waals surface area contributed by atoms with Gasteiger partial charge in [-0.15, -0.1) is 16.4 Å². The molecule has 0 aliphatic carbocycles. The summed E-state index contributed by atoms with van der Waals surface area (Å²) in [5.41, 5.74) is -4.21. The van der Waals surface area contributed by atoms with E-state index in [9.17, 15) is 23.1 Å². The second-order valence-corrected chi connectivity index (χ2v) is 11.3. The van der Waals surface area contributed by atoms with Gasteiger partial charge in [-0.3, -0.25) is 9.66 Å². The molecule has 1 unspecified atom stereocenters. The SMILES string of the molecule is CCOP(=O)(O)C(F)(F)c1sc2c(OCCCS(N)(=O)=O)cc(-c3c[nH]nn3)cc2c1C#N. The lowest BCUT2D eigenvalue weighted by atomic mass is 10.1. The maximum atomic E-state index is 15.0. The van der Waals surface area contributed by atoms with Gasteiger partial charge in [-0.05, 0) is 25.5 Å². The van der Waals surface area contributed by atoms with E-state index in [1.165, 1.54) is 25.3 Å². The number of nitrogens with one attached hydrogen (secondary N) is 1. The summed E-state index contributed by atoms with van der Waals surface area (Å²) in [5, 5.41) is 24.6. The van der Waals surface area contributed by atoms with Crippen LogP contribution in [0.3, 0.4) is 0 Å². The Labute approximate surface area is 190 Å².